The number of hydrogen-bond donors (Lipinski definition) is 0. The summed E-state index contributed by atoms with van der Waals surface area (Å²) >= 11 is 0. The molecule has 15 heavy (non-hydrogen) atoms. The Balaban J connectivity index is 4.40. The van der Waals surface area contributed by atoms with Crippen molar-refractivity contribution >= 4 is 5.97 Å². The first kappa shape index (κ1) is 13.9. The molecule has 0 saturated carbocycles. The molecular formula is C8H9F5O2. The molecule has 7 heteroatoms. The molecule has 0 aliphatic carbocycles. The van der Waals surface area contributed by atoms with Gasteiger partial charge in [-0.15, -0.1) is 0 Å². The summed E-state index contributed by atoms with van der Waals surface area (Å²) < 4.78 is 63.0. The Morgan fingerprint density at radius 2 is 1.67 bits per heavy atom. The minimum Gasteiger partial charge on any atom is -0.457 e. The van der Waals surface area contributed by atoms with Crippen LogP contribution in [0.1, 0.15) is 13.8 Å². The lowest BCUT2D eigenvalue weighted by molar-refractivity contribution is -0.280. The van der Waals surface area contributed by atoms with E-state index in [9.17, 15) is 26.7 Å². The van der Waals surface area contributed by atoms with E-state index in [1.54, 1.807) is 13.8 Å². The molecular weight excluding hydrogens is 223 g/mol. The normalized spacial score (nSPS) is 12.2. The third kappa shape index (κ3) is 3.85. The Bertz CT molecular complexity index is 263. The van der Waals surface area contributed by atoms with Gasteiger partial charge in [0.05, 0.1) is 0 Å². The Morgan fingerprint density at radius 3 is 2.00 bits per heavy atom. The third-order valence-corrected chi connectivity index (χ3v) is 1.32. The van der Waals surface area contributed by atoms with Crippen LogP contribution in [0.15, 0.2) is 11.6 Å². The zero-order valence-electron chi connectivity index (χ0n) is 7.99. The van der Waals surface area contributed by atoms with E-state index in [-0.39, 0.29) is 0 Å². The van der Waals surface area contributed by atoms with Gasteiger partial charge >= 0.3 is 18.1 Å². The number of allylic oxidation sites excluding steroid dienone is 1. The van der Waals surface area contributed by atoms with E-state index in [2.05, 4.69) is 4.74 Å². The Morgan fingerprint density at radius 1 is 1.20 bits per heavy atom. The average Bonchev–Trinajstić information content (AvgIpc) is 2.01. The molecule has 88 valence electrons. The SMILES string of the molecule is CC(C)=CCOC(=O)C(F)(F)C(F)(F)F. The molecule has 0 aromatic carbocycles. The van der Waals surface area contributed by atoms with Gasteiger partial charge < -0.3 is 4.74 Å². The Labute approximate surface area is 82.7 Å². The van der Waals surface area contributed by atoms with Crippen molar-refractivity contribution in [2.24, 2.45) is 0 Å². The molecule has 0 fully saturated rings. The zero-order valence-corrected chi connectivity index (χ0v) is 7.99. The van der Waals surface area contributed by atoms with E-state index in [1.807, 2.05) is 0 Å². The van der Waals surface area contributed by atoms with E-state index in [0.717, 1.165) is 0 Å². The highest BCUT2D eigenvalue weighted by molar-refractivity contribution is 5.78. The summed E-state index contributed by atoms with van der Waals surface area (Å²) in [5.74, 6) is -8.05. The molecule has 0 aromatic rings. The molecule has 0 amide bonds. The molecule has 2 nitrogen and oxygen atoms in total. The van der Waals surface area contributed by atoms with E-state index >= 15 is 0 Å². The lowest BCUT2D eigenvalue weighted by atomic mass is 10.3. The van der Waals surface area contributed by atoms with Crippen LogP contribution in [0.4, 0.5) is 22.0 Å². The van der Waals surface area contributed by atoms with Crippen LogP contribution in [0.3, 0.4) is 0 Å². The maximum atomic E-state index is 12.2. The monoisotopic (exact) mass is 232 g/mol. The van der Waals surface area contributed by atoms with Crippen molar-refractivity contribution in [3.63, 3.8) is 0 Å². The smallest absolute Gasteiger partial charge is 0.457 e. The predicted molar refractivity (Wildman–Crippen MR) is 41.4 cm³/mol. The summed E-state index contributed by atoms with van der Waals surface area (Å²) in [4.78, 5) is 10.4. The summed E-state index contributed by atoms with van der Waals surface area (Å²) in [5, 5.41) is 0. The van der Waals surface area contributed by atoms with E-state index in [0.29, 0.717) is 5.57 Å². The highest BCUT2D eigenvalue weighted by atomic mass is 19.4. The van der Waals surface area contributed by atoms with Gasteiger partial charge in [-0.25, -0.2) is 4.79 Å². The van der Waals surface area contributed by atoms with Crippen LogP contribution < -0.4 is 0 Å². The molecule has 0 unspecified atom stereocenters. The van der Waals surface area contributed by atoms with Crippen LogP contribution in [0, 0.1) is 0 Å². The maximum absolute atomic E-state index is 12.2. The van der Waals surface area contributed by atoms with Crippen molar-refractivity contribution in [2.45, 2.75) is 25.9 Å². The average molecular weight is 232 g/mol. The van der Waals surface area contributed by atoms with Crippen molar-refractivity contribution in [3.8, 4) is 0 Å². The first-order valence-corrected chi connectivity index (χ1v) is 3.84. The van der Waals surface area contributed by atoms with E-state index in [4.69, 9.17) is 0 Å². The third-order valence-electron chi connectivity index (χ3n) is 1.32. The van der Waals surface area contributed by atoms with Crippen LogP contribution in [-0.4, -0.2) is 24.7 Å². The largest absolute Gasteiger partial charge is 0.465 e. The van der Waals surface area contributed by atoms with Crippen LogP contribution in [0.2, 0.25) is 0 Å². The van der Waals surface area contributed by atoms with Crippen LogP contribution in [-0.2, 0) is 9.53 Å². The molecule has 0 rings (SSSR count). The zero-order chi connectivity index (χ0) is 12.3. The summed E-state index contributed by atoms with van der Waals surface area (Å²) in [6.07, 6.45) is -4.71. The second-order valence-corrected chi connectivity index (χ2v) is 2.95. The summed E-state index contributed by atoms with van der Waals surface area (Å²) in [6, 6.07) is 0. The molecule has 0 bridgehead atoms. The van der Waals surface area contributed by atoms with Crippen molar-refractivity contribution in [2.75, 3.05) is 6.61 Å². The van der Waals surface area contributed by atoms with E-state index < -0.39 is 24.7 Å². The second kappa shape index (κ2) is 4.59. The Kier molecular flexibility index (Phi) is 4.24. The first-order valence-electron chi connectivity index (χ1n) is 3.84. The van der Waals surface area contributed by atoms with Crippen molar-refractivity contribution in [1.82, 2.24) is 0 Å². The standard InChI is InChI=1S/C8H9F5O2/c1-5(2)3-4-15-6(14)7(9,10)8(11,12)13/h3H,4H2,1-2H3. The fourth-order valence-corrected chi connectivity index (χ4v) is 0.490. The van der Waals surface area contributed by atoms with Gasteiger partial charge in [0.2, 0.25) is 0 Å². The first-order chi connectivity index (χ1) is 6.59. The molecule has 0 spiro atoms. The molecule has 0 saturated heterocycles. The number of esters is 1. The number of ether oxygens (including phenoxy) is 1. The van der Waals surface area contributed by atoms with Gasteiger partial charge in [0.1, 0.15) is 6.61 Å². The van der Waals surface area contributed by atoms with Gasteiger partial charge in [0, 0.05) is 0 Å². The minimum absolute atomic E-state index is 0.604. The van der Waals surface area contributed by atoms with Crippen molar-refractivity contribution in [1.29, 1.82) is 0 Å². The highest BCUT2D eigenvalue weighted by Gasteiger charge is 2.64. The Hall–Kier alpha value is -1.14. The van der Waals surface area contributed by atoms with Crippen molar-refractivity contribution in [3.05, 3.63) is 11.6 Å². The number of alkyl halides is 5. The molecule has 0 aliphatic rings. The predicted octanol–water partition coefficient (Wildman–Crippen LogP) is 2.69. The fourth-order valence-electron chi connectivity index (χ4n) is 0.490. The van der Waals surface area contributed by atoms with Gasteiger partial charge in [0.15, 0.2) is 0 Å². The topological polar surface area (TPSA) is 26.3 Å². The lowest BCUT2D eigenvalue weighted by Crippen LogP contribution is -2.45. The van der Waals surface area contributed by atoms with Gasteiger partial charge in [-0.05, 0) is 19.9 Å². The summed E-state index contributed by atoms with van der Waals surface area (Å²) in [7, 11) is 0. The molecule has 0 N–H and O–H groups in total. The number of halogens is 5. The summed E-state index contributed by atoms with van der Waals surface area (Å²) in [6.45, 7) is 2.55. The molecule has 0 heterocycles. The fraction of sp³-hybridized carbons (Fsp3) is 0.625. The quantitative estimate of drug-likeness (QED) is 0.425. The maximum Gasteiger partial charge on any atom is 0.465 e. The van der Waals surface area contributed by atoms with Crippen LogP contribution in [0.5, 0.6) is 0 Å². The van der Waals surface area contributed by atoms with Crippen LogP contribution >= 0.6 is 0 Å². The van der Waals surface area contributed by atoms with E-state index in [1.165, 1.54) is 6.08 Å². The lowest BCUT2D eigenvalue weighted by Gasteiger charge is -2.17. The second-order valence-electron chi connectivity index (χ2n) is 2.95. The number of carbonyl (C=O) groups is 1. The highest BCUT2D eigenvalue weighted by Crippen LogP contribution is 2.36. The van der Waals surface area contributed by atoms with Gasteiger partial charge in [0.25, 0.3) is 0 Å². The van der Waals surface area contributed by atoms with Crippen molar-refractivity contribution < 1.29 is 31.5 Å². The minimum atomic E-state index is -5.92. The summed E-state index contributed by atoms with van der Waals surface area (Å²) in [5.41, 5.74) is 0.637. The van der Waals surface area contributed by atoms with Crippen LogP contribution in [0.25, 0.3) is 0 Å². The molecule has 0 radical (unpaired) electrons. The molecule has 0 atom stereocenters. The van der Waals surface area contributed by atoms with Gasteiger partial charge in [-0.2, -0.15) is 22.0 Å². The number of rotatable bonds is 3. The number of hydrogen-bond acceptors (Lipinski definition) is 2. The van der Waals surface area contributed by atoms with Gasteiger partial charge in [-0.1, -0.05) is 5.57 Å². The number of carbonyl (C=O) groups excluding carboxylic acids is 1. The molecule has 0 aromatic heterocycles. The molecule has 0 aliphatic heterocycles. The van der Waals surface area contributed by atoms with Gasteiger partial charge in [-0.3, -0.25) is 0 Å².